The van der Waals surface area contributed by atoms with Gasteiger partial charge in [0.15, 0.2) is 11.6 Å². The Kier molecular flexibility index (Phi) is 3.21. The lowest BCUT2D eigenvalue weighted by molar-refractivity contribution is 0.0500. The van der Waals surface area contributed by atoms with Gasteiger partial charge in [-0.25, -0.2) is 8.78 Å². The van der Waals surface area contributed by atoms with Gasteiger partial charge in [0.1, 0.15) is 0 Å². The summed E-state index contributed by atoms with van der Waals surface area (Å²) in [4.78, 5) is 0. The summed E-state index contributed by atoms with van der Waals surface area (Å²) >= 11 is 0. The molecule has 1 N–H and O–H groups in total. The molecule has 1 aromatic carbocycles. The second kappa shape index (κ2) is 4.37. The third-order valence-electron chi connectivity index (χ3n) is 4.02. The number of benzene rings is 1. The highest BCUT2D eigenvalue weighted by molar-refractivity contribution is 5.22. The van der Waals surface area contributed by atoms with E-state index in [1.54, 1.807) is 0 Å². The molecule has 0 aromatic heterocycles. The van der Waals surface area contributed by atoms with E-state index in [1.165, 1.54) is 12.1 Å². The van der Waals surface area contributed by atoms with Crippen LogP contribution in [0.4, 0.5) is 8.78 Å². The average molecular weight is 240 g/mol. The van der Waals surface area contributed by atoms with Gasteiger partial charge < -0.3 is 5.11 Å². The first-order valence-corrected chi connectivity index (χ1v) is 6.05. The number of halogens is 2. The zero-order valence-electron chi connectivity index (χ0n) is 10.2. The van der Waals surface area contributed by atoms with E-state index in [2.05, 4.69) is 13.8 Å². The Balaban J connectivity index is 2.31. The lowest BCUT2D eigenvalue weighted by atomic mass is 9.76. The van der Waals surface area contributed by atoms with E-state index in [9.17, 15) is 13.9 Å². The largest absolute Gasteiger partial charge is 0.388 e. The molecular formula is C14H18F2O. The van der Waals surface area contributed by atoms with Crippen LogP contribution in [0.15, 0.2) is 18.2 Å². The van der Waals surface area contributed by atoms with Crippen LogP contribution in [0, 0.1) is 23.0 Å². The van der Waals surface area contributed by atoms with E-state index in [0.29, 0.717) is 0 Å². The number of hydrogen-bond acceptors (Lipinski definition) is 1. The molecule has 1 aliphatic carbocycles. The minimum absolute atomic E-state index is 0.00111. The molecule has 0 radical (unpaired) electrons. The van der Waals surface area contributed by atoms with Crippen molar-refractivity contribution in [3.8, 4) is 0 Å². The summed E-state index contributed by atoms with van der Waals surface area (Å²) < 4.78 is 26.8. The summed E-state index contributed by atoms with van der Waals surface area (Å²) in [5.74, 6) is -1.81. The fourth-order valence-corrected chi connectivity index (χ4v) is 2.90. The first-order chi connectivity index (χ1) is 7.93. The van der Waals surface area contributed by atoms with Crippen molar-refractivity contribution in [1.29, 1.82) is 0 Å². The molecule has 94 valence electrons. The van der Waals surface area contributed by atoms with Gasteiger partial charge in [-0.1, -0.05) is 32.4 Å². The highest BCUT2D eigenvalue weighted by Gasteiger charge is 2.40. The number of rotatable bonds is 2. The SMILES string of the molecule is CC1(C)CCCC1C(O)c1cccc(F)c1F. The first kappa shape index (κ1) is 12.5. The van der Waals surface area contributed by atoms with Crippen LogP contribution < -0.4 is 0 Å². The summed E-state index contributed by atoms with van der Waals surface area (Å²) in [6.45, 7) is 4.15. The molecule has 1 fully saturated rings. The van der Waals surface area contributed by atoms with Crippen LogP contribution in [0.25, 0.3) is 0 Å². The maximum Gasteiger partial charge on any atom is 0.164 e. The quantitative estimate of drug-likeness (QED) is 0.833. The highest BCUT2D eigenvalue weighted by Crippen LogP contribution is 2.48. The smallest absolute Gasteiger partial charge is 0.164 e. The molecule has 0 bridgehead atoms. The van der Waals surface area contributed by atoms with Crippen LogP contribution in [-0.2, 0) is 0 Å². The second-order valence-electron chi connectivity index (χ2n) is 5.58. The predicted octanol–water partition coefficient (Wildman–Crippen LogP) is 3.82. The monoisotopic (exact) mass is 240 g/mol. The van der Waals surface area contributed by atoms with Gasteiger partial charge in [0.25, 0.3) is 0 Å². The zero-order valence-corrected chi connectivity index (χ0v) is 10.2. The molecule has 1 aromatic rings. The normalized spacial score (nSPS) is 24.9. The Labute approximate surface area is 100 Å². The van der Waals surface area contributed by atoms with Crippen LogP contribution in [0.2, 0.25) is 0 Å². The van der Waals surface area contributed by atoms with E-state index in [4.69, 9.17) is 0 Å². The van der Waals surface area contributed by atoms with Gasteiger partial charge >= 0.3 is 0 Å². The molecule has 1 nitrogen and oxygen atoms in total. The van der Waals surface area contributed by atoms with Gasteiger partial charge in [-0.15, -0.1) is 0 Å². The van der Waals surface area contributed by atoms with E-state index < -0.39 is 17.7 Å². The van der Waals surface area contributed by atoms with Crippen molar-refractivity contribution in [2.24, 2.45) is 11.3 Å². The molecule has 2 atom stereocenters. The van der Waals surface area contributed by atoms with E-state index in [1.807, 2.05) is 0 Å². The van der Waals surface area contributed by atoms with Gasteiger partial charge in [-0.2, -0.15) is 0 Å². The molecule has 1 saturated carbocycles. The minimum Gasteiger partial charge on any atom is -0.388 e. The molecule has 0 amide bonds. The molecule has 1 aliphatic rings. The maximum atomic E-state index is 13.6. The van der Waals surface area contributed by atoms with E-state index in [-0.39, 0.29) is 16.9 Å². The van der Waals surface area contributed by atoms with Crippen molar-refractivity contribution in [3.05, 3.63) is 35.4 Å². The molecule has 2 unspecified atom stereocenters. The molecular weight excluding hydrogens is 222 g/mol. The van der Waals surface area contributed by atoms with Crippen molar-refractivity contribution in [1.82, 2.24) is 0 Å². The Hall–Kier alpha value is -0.960. The fraction of sp³-hybridized carbons (Fsp3) is 0.571. The molecule has 3 heteroatoms. The third-order valence-corrected chi connectivity index (χ3v) is 4.02. The number of hydrogen-bond donors (Lipinski definition) is 1. The number of aliphatic hydroxyl groups is 1. The molecule has 0 saturated heterocycles. The van der Waals surface area contributed by atoms with Gasteiger partial charge in [-0.05, 0) is 30.2 Å². The standard InChI is InChI=1S/C14H18F2O/c1-14(2)8-4-6-10(14)13(17)9-5-3-7-11(15)12(9)16/h3,5,7,10,13,17H,4,6,8H2,1-2H3. The van der Waals surface area contributed by atoms with Gasteiger partial charge in [0.2, 0.25) is 0 Å². The van der Waals surface area contributed by atoms with Crippen LogP contribution in [0.3, 0.4) is 0 Å². The summed E-state index contributed by atoms with van der Waals surface area (Å²) in [7, 11) is 0. The molecule has 0 aliphatic heterocycles. The summed E-state index contributed by atoms with van der Waals surface area (Å²) in [6.07, 6.45) is 2.00. The summed E-state index contributed by atoms with van der Waals surface area (Å²) in [6, 6.07) is 3.99. The number of aliphatic hydroxyl groups excluding tert-OH is 1. The van der Waals surface area contributed by atoms with Crippen LogP contribution in [0.1, 0.15) is 44.8 Å². The van der Waals surface area contributed by atoms with Crippen molar-refractivity contribution >= 4 is 0 Å². The third kappa shape index (κ3) is 2.21. The summed E-state index contributed by atoms with van der Waals surface area (Å²) in [5.41, 5.74) is 0.0722. The van der Waals surface area contributed by atoms with E-state index >= 15 is 0 Å². The minimum atomic E-state index is -0.914. The van der Waals surface area contributed by atoms with Crippen LogP contribution in [-0.4, -0.2) is 5.11 Å². The Morgan fingerprint density at radius 3 is 2.65 bits per heavy atom. The average Bonchev–Trinajstić information content (AvgIpc) is 2.61. The molecule has 0 heterocycles. The van der Waals surface area contributed by atoms with Gasteiger partial charge in [0, 0.05) is 5.56 Å². The molecule has 2 rings (SSSR count). The van der Waals surface area contributed by atoms with Gasteiger partial charge in [0.05, 0.1) is 6.10 Å². The first-order valence-electron chi connectivity index (χ1n) is 6.05. The Morgan fingerprint density at radius 2 is 2.06 bits per heavy atom. The van der Waals surface area contributed by atoms with E-state index in [0.717, 1.165) is 25.3 Å². The predicted molar refractivity (Wildman–Crippen MR) is 62.4 cm³/mol. The van der Waals surface area contributed by atoms with Crippen molar-refractivity contribution in [2.75, 3.05) is 0 Å². The van der Waals surface area contributed by atoms with Crippen molar-refractivity contribution in [2.45, 2.75) is 39.2 Å². The summed E-state index contributed by atoms with van der Waals surface area (Å²) in [5, 5.41) is 10.3. The zero-order chi connectivity index (χ0) is 12.6. The van der Waals surface area contributed by atoms with Crippen LogP contribution in [0.5, 0.6) is 0 Å². The molecule has 17 heavy (non-hydrogen) atoms. The van der Waals surface area contributed by atoms with Gasteiger partial charge in [-0.3, -0.25) is 0 Å². The molecule has 0 spiro atoms. The van der Waals surface area contributed by atoms with Crippen LogP contribution >= 0.6 is 0 Å². The highest BCUT2D eigenvalue weighted by atomic mass is 19.2. The fourth-order valence-electron chi connectivity index (χ4n) is 2.90. The Morgan fingerprint density at radius 1 is 1.35 bits per heavy atom. The topological polar surface area (TPSA) is 20.2 Å². The second-order valence-corrected chi connectivity index (χ2v) is 5.58. The Bertz CT molecular complexity index is 415. The van der Waals surface area contributed by atoms with Crippen molar-refractivity contribution < 1.29 is 13.9 Å². The maximum absolute atomic E-state index is 13.6. The van der Waals surface area contributed by atoms with Crippen molar-refractivity contribution in [3.63, 3.8) is 0 Å². The lowest BCUT2D eigenvalue weighted by Gasteiger charge is -2.31. The lowest BCUT2D eigenvalue weighted by Crippen LogP contribution is -2.25.